The quantitative estimate of drug-likeness (QED) is 0.608. The summed E-state index contributed by atoms with van der Waals surface area (Å²) in [6, 6.07) is 8.10. The number of alkyl halides is 1. The van der Waals surface area contributed by atoms with Gasteiger partial charge in [0.05, 0.1) is 4.87 Å². The summed E-state index contributed by atoms with van der Waals surface area (Å²) >= 11 is 6.13. The van der Waals surface area contributed by atoms with Gasteiger partial charge in [0.15, 0.2) is 0 Å². The molecule has 0 saturated heterocycles. The molecule has 0 unspecified atom stereocenters. The van der Waals surface area contributed by atoms with Crippen molar-refractivity contribution in [2.75, 3.05) is 0 Å². The molecule has 0 heterocycles. The van der Waals surface area contributed by atoms with Gasteiger partial charge >= 0.3 is 0 Å². The molecule has 12 heavy (non-hydrogen) atoms. The molecule has 0 radical (unpaired) electrons. The first-order valence-electron chi connectivity index (χ1n) is 3.96. The number of hydrogen-bond acceptors (Lipinski definition) is 0. The molecule has 0 atom stereocenters. The number of hydrogen-bond donors (Lipinski definition) is 0. The molecular weight excluding hydrogens is 168 g/mol. The molecule has 0 fully saturated rings. The van der Waals surface area contributed by atoms with Crippen LogP contribution in [0.2, 0.25) is 0 Å². The van der Waals surface area contributed by atoms with Crippen LogP contribution in [-0.4, -0.2) is 0 Å². The molecule has 0 aromatic heterocycles. The van der Waals surface area contributed by atoms with Crippen LogP contribution in [0.25, 0.3) is 6.08 Å². The van der Waals surface area contributed by atoms with Gasteiger partial charge < -0.3 is 0 Å². The summed E-state index contributed by atoms with van der Waals surface area (Å²) in [5, 5.41) is 0. The molecule has 64 valence electrons. The zero-order valence-electron chi connectivity index (χ0n) is 7.47. The third-order valence-electron chi connectivity index (χ3n) is 1.83. The van der Waals surface area contributed by atoms with Crippen LogP contribution in [0.15, 0.2) is 30.8 Å². The average molecular weight is 181 g/mol. The summed E-state index contributed by atoms with van der Waals surface area (Å²) in [7, 11) is 0. The van der Waals surface area contributed by atoms with Crippen LogP contribution in [0.1, 0.15) is 25.0 Å². The van der Waals surface area contributed by atoms with Crippen molar-refractivity contribution in [2.45, 2.75) is 18.7 Å². The van der Waals surface area contributed by atoms with Gasteiger partial charge in [-0.05, 0) is 25.0 Å². The third-order valence-corrected chi connectivity index (χ3v) is 2.05. The normalized spacial score (nSPS) is 11.2. The highest BCUT2D eigenvalue weighted by Crippen LogP contribution is 2.27. The average Bonchev–Trinajstić information content (AvgIpc) is 2.03. The van der Waals surface area contributed by atoms with E-state index in [1.54, 1.807) is 0 Å². The summed E-state index contributed by atoms with van der Waals surface area (Å²) in [5.74, 6) is 0. The molecule has 0 amide bonds. The van der Waals surface area contributed by atoms with E-state index in [0.717, 1.165) is 11.1 Å². The maximum atomic E-state index is 6.13. The molecule has 0 bridgehead atoms. The standard InChI is InChI=1S/C11H13Cl/c1-4-9-5-7-10(8-6-9)11(2,3)12/h4-8H,1H2,2-3H3. The molecular formula is C11H13Cl. The Morgan fingerprint density at radius 2 is 1.75 bits per heavy atom. The highest BCUT2D eigenvalue weighted by atomic mass is 35.5. The zero-order chi connectivity index (χ0) is 9.19. The maximum absolute atomic E-state index is 6.13. The highest BCUT2D eigenvalue weighted by molar-refractivity contribution is 6.23. The summed E-state index contributed by atoms with van der Waals surface area (Å²) < 4.78 is 0. The molecule has 0 aliphatic rings. The van der Waals surface area contributed by atoms with Gasteiger partial charge in [-0.25, -0.2) is 0 Å². The Labute approximate surface area is 78.9 Å². The van der Waals surface area contributed by atoms with Crippen LogP contribution in [0.4, 0.5) is 0 Å². The van der Waals surface area contributed by atoms with Crippen LogP contribution >= 0.6 is 11.6 Å². The van der Waals surface area contributed by atoms with Crippen molar-refractivity contribution in [2.24, 2.45) is 0 Å². The van der Waals surface area contributed by atoms with E-state index >= 15 is 0 Å². The van der Waals surface area contributed by atoms with Gasteiger partial charge in [-0.3, -0.25) is 0 Å². The smallest absolute Gasteiger partial charge is 0.0638 e. The summed E-state index contributed by atoms with van der Waals surface area (Å²) in [5.41, 5.74) is 2.26. The fraction of sp³-hybridized carbons (Fsp3) is 0.273. The van der Waals surface area contributed by atoms with Crippen molar-refractivity contribution in [3.05, 3.63) is 42.0 Å². The Balaban J connectivity index is 3.00. The third kappa shape index (κ3) is 2.12. The lowest BCUT2D eigenvalue weighted by molar-refractivity contribution is 0.766. The number of benzene rings is 1. The van der Waals surface area contributed by atoms with Crippen LogP contribution < -0.4 is 0 Å². The summed E-state index contributed by atoms with van der Waals surface area (Å²) in [6.45, 7) is 7.66. The van der Waals surface area contributed by atoms with Crippen molar-refractivity contribution in [1.29, 1.82) is 0 Å². The van der Waals surface area contributed by atoms with E-state index in [-0.39, 0.29) is 4.87 Å². The van der Waals surface area contributed by atoms with E-state index in [9.17, 15) is 0 Å². The van der Waals surface area contributed by atoms with Crippen molar-refractivity contribution in [3.8, 4) is 0 Å². The van der Waals surface area contributed by atoms with E-state index < -0.39 is 0 Å². The Morgan fingerprint density at radius 3 is 2.08 bits per heavy atom. The topological polar surface area (TPSA) is 0 Å². The van der Waals surface area contributed by atoms with E-state index in [1.165, 1.54) is 0 Å². The molecule has 1 aromatic rings. The molecule has 0 aliphatic carbocycles. The van der Waals surface area contributed by atoms with Gasteiger partial charge in [-0.1, -0.05) is 36.9 Å². The van der Waals surface area contributed by atoms with Crippen molar-refractivity contribution in [3.63, 3.8) is 0 Å². The predicted molar refractivity (Wildman–Crippen MR) is 55.4 cm³/mol. The second-order valence-electron chi connectivity index (χ2n) is 3.30. The SMILES string of the molecule is C=Cc1ccc(C(C)(C)Cl)cc1. The molecule has 1 aromatic carbocycles. The molecule has 0 N–H and O–H groups in total. The second kappa shape index (κ2) is 3.32. The molecule has 1 heteroatoms. The molecule has 0 saturated carbocycles. The van der Waals surface area contributed by atoms with Crippen LogP contribution in [0.3, 0.4) is 0 Å². The van der Waals surface area contributed by atoms with E-state index in [2.05, 4.69) is 6.58 Å². The lowest BCUT2D eigenvalue weighted by Gasteiger charge is -2.15. The van der Waals surface area contributed by atoms with Gasteiger partial charge in [0, 0.05) is 0 Å². The Kier molecular flexibility index (Phi) is 2.58. The molecule has 1 rings (SSSR count). The Hall–Kier alpha value is -0.750. The van der Waals surface area contributed by atoms with Gasteiger partial charge in [0.1, 0.15) is 0 Å². The maximum Gasteiger partial charge on any atom is 0.0638 e. The first-order chi connectivity index (χ1) is 5.54. The molecule has 0 spiro atoms. The van der Waals surface area contributed by atoms with E-state index in [4.69, 9.17) is 11.6 Å². The highest BCUT2D eigenvalue weighted by Gasteiger charge is 2.15. The monoisotopic (exact) mass is 180 g/mol. The fourth-order valence-electron chi connectivity index (χ4n) is 1.02. The van der Waals surface area contributed by atoms with E-state index in [0.29, 0.717) is 0 Å². The zero-order valence-corrected chi connectivity index (χ0v) is 8.23. The van der Waals surface area contributed by atoms with Gasteiger partial charge in [0.25, 0.3) is 0 Å². The minimum absolute atomic E-state index is 0.278. The van der Waals surface area contributed by atoms with Crippen molar-refractivity contribution >= 4 is 17.7 Å². The Morgan fingerprint density at radius 1 is 1.25 bits per heavy atom. The largest absolute Gasteiger partial charge is 0.115 e. The first kappa shape index (κ1) is 9.34. The van der Waals surface area contributed by atoms with E-state index in [1.807, 2.05) is 44.2 Å². The lowest BCUT2D eigenvalue weighted by Crippen LogP contribution is -2.06. The van der Waals surface area contributed by atoms with Crippen molar-refractivity contribution in [1.82, 2.24) is 0 Å². The lowest BCUT2D eigenvalue weighted by atomic mass is 10.0. The summed E-state index contributed by atoms with van der Waals surface area (Å²) in [4.78, 5) is -0.278. The summed E-state index contributed by atoms with van der Waals surface area (Å²) in [6.07, 6.45) is 1.82. The van der Waals surface area contributed by atoms with Gasteiger partial charge in [0.2, 0.25) is 0 Å². The number of rotatable bonds is 2. The number of halogens is 1. The minimum Gasteiger partial charge on any atom is -0.115 e. The predicted octanol–water partition coefficient (Wildman–Crippen LogP) is 3.80. The molecule has 0 nitrogen and oxygen atoms in total. The van der Waals surface area contributed by atoms with Crippen LogP contribution in [0.5, 0.6) is 0 Å². The van der Waals surface area contributed by atoms with Gasteiger partial charge in [-0.15, -0.1) is 11.6 Å². The fourth-order valence-corrected chi connectivity index (χ4v) is 1.14. The minimum atomic E-state index is -0.278. The Bertz CT molecular complexity index is 264. The van der Waals surface area contributed by atoms with Crippen LogP contribution in [-0.2, 0) is 4.87 Å². The van der Waals surface area contributed by atoms with Crippen LogP contribution in [0, 0.1) is 0 Å². The van der Waals surface area contributed by atoms with Crippen molar-refractivity contribution < 1.29 is 0 Å². The first-order valence-corrected chi connectivity index (χ1v) is 4.34. The molecule has 0 aliphatic heterocycles. The van der Waals surface area contributed by atoms with Gasteiger partial charge in [-0.2, -0.15) is 0 Å². The second-order valence-corrected chi connectivity index (χ2v) is 4.24.